The van der Waals surface area contributed by atoms with Crippen LogP contribution in [0.4, 0.5) is 19.1 Å². The highest BCUT2D eigenvalue weighted by Gasteiger charge is 2.31. The normalized spacial score (nSPS) is 21.3. The Morgan fingerprint density at radius 3 is 2.54 bits per heavy atom. The smallest absolute Gasteiger partial charge is 0.396 e. The number of aromatic nitrogens is 2. The van der Waals surface area contributed by atoms with E-state index in [2.05, 4.69) is 21.6 Å². The van der Waals surface area contributed by atoms with E-state index in [-0.39, 0.29) is 24.1 Å². The first-order valence-corrected chi connectivity index (χ1v) is 12.8. The zero-order valence-electron chi connectivity index (χ0n) is 20.6. The van der Waals surface area contributed by atoms with Crippen LogP contribution >= 0.6 is 0 Å². The molecule has 1 amide bonds. The quantitative estimate of drug-likeness (QED) is 0.452. The Bertz CT molecular complexity index is 1240. The molecular formula is C27H32F3N5O2. The van der Waals surface area contributed by atoms with Gasteiger partial charge in [-0.05, 0) is 67.5 Å². The summed E-state index contributed by atoms with van der Waals surface area (Å²) in [6.45, 7) is 4.82. The second-order valence-corrected chi connectivity index (χ2v) is 10.0. The van der Waals surface area contributed by atoms with Crippen molar-refractivity contribution in [1.82, 2.24) is 19.8 Å². The lowest BCUT2D eigenvalue weighted by Gasteiger charge is -2.30. The van der Waals surface area contributed by atoms with Crippen LogP contribution in [0.15, 0.2) is 42.5 Å². The lowest BCUT2D eigenvalue weighted by molar-refractivity contribution is -0.137. The standard InChI is InChI=1S/C27H32F3N5O2/c28-27(29,30)21-3-1-2-20(15-21)25(37)33-26-32-23-14-19(16-34-12-10-31-11-13-34)6-9-24(23)35(26)22-7-4-18(17-36)5-8-22/h1-3,6,9,14-15,18,22,31,36H,4-5,7-8,10-13,16-17H2,(H,32,33,37)/t18-,22+. The third-order valence-corrected chi connectivity index (χ3v) is 7.49. The largest absolute Gasteiger partial charge is 0.416 e. The van der Waals surface area contributed by atoms with E-state index in [1.807, 2.05) is 16.7 Å². The monoisotopic (exact) mass is 515 g/mol. The molecule has 1 aromatic heterocycles. The highest BCUT2D eigenvalue weighted by molar-refractivity contribution is 6.04. The van der Waals surface area contributed by atoms with E-state index in [1.165, 1.54) is 12.1 Å². The van der Waals surface area contributed by atoms with Gasteiger partial charge in [0, 0.05) is 50.9 Å². The number of imidazole rings is 1. The van der Waals surface area contributed by atoms with E-state index in [0.29, 0.717) is 5.95 Å². The van der Waals surface area contributed by atoms with E-state index < -0.39 is 17.6 Å². The molecule has 1 saturated heterocycles. The number of benzene rings is 2. The molecule has 0 radical (unpaired) electrons. The van der Waals surface area contributed by atoms with Gasteiger partial charge in [0.15, 0.2) is 0 Å². The summed E-state index contributed by atoms with van der Waals surface area (Å²) in [5.41, 5.74) is 1.82. The average molecular weight is 516 g/mol. The van der Waals surface area contributed by atoms with Gasteiger partial charge in [-0.2, -0.15) is 13.2 Å². The number of aliphatic hydroxyl groups is 1. The van der Waals surface area contributed by atoms with Gasteiger partial charge in [0.2, 0.25) is 5.95 Å². The SMILES string of the molecule is O=C(Nc1nc2cc(CN3CCNCC3)ccc2n1[C@H]1CC[C@@H](CO)CC1)c1cccc(C(F)(F)F)c1. The van der Waals surface area contributed by atoms with Crippen molar-refractivity contribution in [2.24, 2.45) is 5.92 Å². The summed E-state index contributed by atoms with van der Waals surface area (Å²) < 4.78 is 41.6. The average Bonchev–Trinajstić information content (AvgIpc) is 3.25. The van der Waals surface area contributed by atoms with Crippen LogP contribution in [0.25, 0.3) is 11.0 Å². The number of hydrogen-bond acceptors (Lipinski definition) is 5. The third kappa shape index (κ3) is 5.81. The van der Waals surface area contributed by atoms with E-state index in [9.17, 15) is 23.1 Å². The summed E-state index contributed by atoms with van der Waals surface area (Å²) in [5.74, 6) is -0.0308. The summed E-state index contributed by atoms with van der Waals surface area (Å²) in [4.78, 5) is 20.2. The molecule has 3 aromatic rings. The fraction of sp³-hybridized carbons (Fsp3) is 0.481. The van der Waals surface area contributed by atoms with Gasteiger partial charge in [0.05, 0.1) is 16.6 Å². The van der Waals surface area contributed by atoms with Gasteiger partial charge in [-0.3, -0.25) is 15.0 Å². The minimum Gasteiger partial charge on any atom is -0.396 e. The molecule has 7 nitrogen and oxygen atoms in total. The highest BCUT2D eigenvalue weighted by atomic mass is 19.4. The fourth-order valence-corrected chi connectivity index (χ4v) is 5.42. The molecule has 0 spiro atoms. The van der Waals surface area contributed by atoms with Crippen molar-refractivity contribution in [3.63, 3.8) is 0 Å². The molecule has 0 unspecified atom stereocenters. The maximum atomic E-state index is 13.2. The van der Waals surface area contributed by atoms with Crippen LogP contribution in [0.5, 0.6) is 0 Å². The molecule has 3 N–H and O–H groups in total. The first-order chi connectivity index (χ1) is 17.8. The van der Waals surface area contributed by atoms with Crippen LogP contribution in [0.3, 0.4) is 0 Å². The van der Waals surface area contributed by atoms with E-state index in [0.717, 1.165) is 87.1 Å². The summed E-state index contributed by atoms with van der Waals surface area (Å²) in [6.07, 6.45) is -1.15. The van der Waals surface area contributed by atoms with Crippen molar-refractivity contribution >= 4 is 22.9 Å². The Morgan fingerprint density at radius 1 is 1.08 bits per heavy atom. The molecule has 1 aliphatic carbocycles. The Balaban J connectivity index is 1.46. The fourth-order valence-electron chi connectivity index (χ4n) is 5.42. The minimum absolute atomic E-state index is 0.0724. The lowest BCUT2D eigenvalue weighted by atomic mass is 9.86. The molecule has 2 heterocycles. The molecule has 2 aromatic carbocycles. The number of carbonyl (C=O) groups excluding carboxylic acids is 1. The number of amides is 1. The lowest BCUT2D eigenvalue weighted by Crippen LogP contribution is -2.42. The van der Waals surface area contributed by atoms with Crippen molar-refractivity contribution < 1.29 is 23.1 Å². The van der Waals surface area contributed by atoms with E-state index in [4.69, 9.17) is 4.98 Å². The summed E-state index contributed by atoms with van der Waals surface area (Å²) in [6, 6.07) is 10.6. The number of anilines is 1. The molecule has 2 fully saturated rings. The molecule has 1 saturated carbocycles. The number of nitrogens with zero attached hydrogens (tertiary/aromatic N) is 3. The van der Waals surface area contributed by atoms with E-state index >= 15 is 0 Å². The van der Waals surface area contributed by atoms with Crippen LogP contribution in [0, 0.1) is 5.92 Å². The van der Waals surface area contributed by atoms with Crippen molar-refractivity contribution in [3.8, 4) is 0 Å². The second-order valence-electron chi connectivity index (χ2n) is 10.0. The molecule has 0 atom stereocenters. The summed E-state index contributed by atoms with van der Waals surface area (Å²) in [5, 5.41) is 15.7. The van der Waals surface area contributed by atoms with Gasteiger partial charge in [0.1, 0.15) is 0 Å². The number of fused-ring (bicyclic) bond motifs is 1. The number of piperazine rings is 1. The maximum Gasteiger partial charge on any atom is 0.416 e. The van der Waals surface area contributed by atoms with Crippen LogP contribution in [-0.2, 0) is 12.7 Å². The van der Waals surface area contributed by atoms with Gasteiger partial charge in [-0.25, -0.2) is 4.98 Å². The molecular weight excluding hydrogens is 483 g/mol. The molecule has 1 aliphatic heterocycles. The molecule has 198 valence electrons. The molecule has 37 heavy (non-hydrogen) atoms. The zero-order valence-corrected chi connectivity index (χ0v) is 20.6. The predicted octanol–water partition coefficient (Wildman–Crippen LogP) is 4.44. The number of halogens is 3. The van der Waals surface area contributed by atoms with Crippen LogP contribution in [0.2, 0.25) is 0 Å². The Hall–Kier alpha value is -2.95. The molecule has 5 rings (SSSR count). The van der Waals surface area contributed by atoms with Crippen molar-refractivity contribution in [1.29, 1.82) is 0 Å². The summed E-state index contributed by atoms with van der Waals surface area (Å²) in [7, 11) is 0. The highest BCUT2D eigenvalue weighted by Crippen LogP contribution is 2.37. The van der Waals surface area contributed by atoms with Gasteiger partial charge in [-0.15, -0.1) is 0 Å². The Labute approximate surface area is 213 Å². The van der Waals surface area contributed by atoms with E-state index in [1.54, 1.807) is 0 Å². The van der Waals surface area contributed by atoms with Gasteiger partial charge in [-0.1, -0.05) is 12.1 Å². The van der Waals surface area contributed by atoms with Crippen molar-refractivity contribution in [2.45, 2.75) is 44.4 Å². The molecule has 0 bridgehead atoms. The number of nitrogens with one attached hydrogen (secondary N) is 2. The topological polar surface area (TPSA) is 82.4 Å². The van der Waals surface area contributed by atoms with Gasteiger partial charge in [0.25, 0.3) is 5.91 Å². The molecule has 2 aliphatic rings. The zero-order chi connectivity index (χ0) is 26.0. The second kappa shape index (κ2) is 10.8. The Kier molecular flexibility index (Phi) is 7.50. The number of alkyl halides is 3. The van der Waals surface area contributed by atoms with Crippen LogP contribution in [-0.4, -0.2) is 58.3 Å². The number of carbonyl (C=O) groups is 1. The van der Waals surface area contributed by atoms with Crippen LogP contribution in [0.1, 0.15) is 53.2 Å². The van der Waals surface area contributed by atoms with Gasteiger partial charge < -0.3 is 15.0 Å². The van der Waals surface area contributed by atoms with Crippen LogP contribution < -0.4 is 10.6 Å². The first-order valence-electron chi connectivity index (χ1n) is 12.8. The predicted molar refractivity (Wildman–Crippen MR) is 135 cm³/mol. The number of aliphatic hydroxyl groups excluding tert-OH is 1. The third-order valence-electron chi connectivity index (χ3n) is 7.49. The Morgan fingerprint density at radius 2 is 1.84 bits per heavy atom. The summed E-state index contributed by atoms with van der Waals surface area (Å²) >= 11 is 0. The van der Waals surface area contributed by atoms with Crippen molar-refractivity contribution in [3.05, 3.63) is 59.2 Å². The molecule has 10 heteroatoms. The maximum absolute atomic E-state index is 13.2. The van der Waals surface area contributed by atoms with Crippen molar-refractivity contribution in [2.75, 3.05) is 38.1 Å². The number of hydrogen-bond donors (Lipinski definition) is 3. The number of rotatable bonds is 6. The first kappa shape index (κ1) is 25.7. The minimum atomic E-state index is -4.53. The van der Waals surface area contributed by atoms with Gasteiger partial charge >= 0.3 is 6.18 Å².